The Labute approximate surface area is 136 Å². The molecule has 130 valence electrons. The third-order valence-electron chi connectivity index (χ3n) is 4.78. The standard InChI is InChI=1S/C15H26N2O5Si/c1-15(2,3)23(4,5)21-9-11-10(18)8-13(22-11)17-7-6-12(19)16-14(17)20/h6-7,10-11,13,18H,8-9H2,1-5H3,(H,16,19,20)/t10-,11+,13+/m0/s1. The first-order valence-electron chi connectivity index (χ1n) is 7.80. The van der Waals surface area contributed by atoms with Crippen molar-refractivity contribution in [3.8, 4) is 0 Å². The van der Waals surface area contributed by atoms with E-state index in [9.17, 15) is 14.7 Å². The van der Waals surface area contributed by atoms with E-state index in [0.717, 1.165) is 0 Å². The summed E-state index contributed by atoms with van der Waals surface area (Å²) < 4.78 is 13.2. The summed E-state index contributed by atoms with van der Waals surface area (Å²) in [6.07, 6.45) is -0.105. The molecule has 0 spiro atoms. The number of hydrogen-bond acceptors (Lipinski definition) is 5. The summed E-state index contributed by atoms with van der Waals surface area (Å²) in [6, 6.07) is 1.26. The van der Waals surface area contributed by atoms with E-state index in [1.165, 1.54) is 16.8 Å². The summed E-state index contributed by atoms with van der Waals surface area (Å²) in [5.41, 5.74) is -0.997. The summed E-state index contributed by atoms with van der Waals surface area (Å²) in [5, 5.41) is 10.3. The molecule has 2 N–H and O–H groups in total. The predicted molar refractivity (Wildman–Crippen MR) is 89.0 cm³/mol. The molecule has 0 radical (unpaired) electrons. The normalized spacial score (nSPS) is 25.7. The molecule has 8 heteroatoms. The molecule has 1 aromatic rings. The number of H-pyrrole nitrogens is 1. The van der Waals surface area contributed by atoms with Gasteiger partial charge in [-0.2, -0.15) is 0 Å². The molecule has 3 atom stereocenters. The summed E-state index contributed by atoms with van der Waals surface area (Å²) >= 11 is 0. The first kappa shape index (κ1) is 18.1. The average Bonchev–Trinajstić information content (AvgIpc) is 2.76. The molecule has 0 aliphatic carbocycles. The molecule has 2 heterocycles. The summed E-state index contributed by atoms with van der Waals surface area (Å²) in [4.78, 5) is 25.1. The van der Waals surface area contributed by atoms with E-state index >= 15 is 0 Å². The number of nitrogens with one attached hydrogen (secondary N) is 1. The lowest BCUT2D eigenvalue weighted by atomic mass is 10.2. The van der Waals surface area contributed by atoms with Crippen molar-refractivity contribution in [3.63, 3.8) is 0 Å². The molecule has 0 bridgehead atoms. The number of rotatable bonds is 4. The molecule has 1 fully saturated rings. The van der Waals surface area contributed by atoms with Crippen LogP contribution in [0.5, 0.6) is 0 Å². The Morgan fingerprint density at radius 1 is 1.43 bits per heavy atom. The van der Waals surface area contributed by atoms with Crippen molar-refractivity contribution in [2.45, 2.75) is 63.8 Å². The highest BCUT2D eigenvalue weighted by Crippen LogP contribution is 2.37. The SMILES string of the molecule is CC(C)(C)[Si](C)(C)OC[C@H]1O[C@@H](n2ccc(=O)[nH]c2=O)C[C@@H]1O. The van der Waals surface area contributed by atoms with Crippen LogP contribution >= 0.6 is 0 Å². The van der Waals surface area contributed by atoms with E-state index in [-0.39, 0.29) is 11.5 Å². The fourth-order valence-electron chi connectivity index (χ4n) is 2.20. The van der Waals surface area contributed by atoms with Gasteiger partial charge in [0.2, 0.25) is 0 Å². The molecule has 1 aliphatic heterocycles. The van der Waals surface area contributed by atoms with Gasteiger partial charge in [0.05, 0.1) is 12.7 Å². The van der Waals surface area contributed by atoms with Crippen molar-refractivity contribution in [1.29, 1.82) is 0 Å². The number of aliphatic hydroxyl groups is 1. The van der Waals surface area contributed by atoms with Crippen LogP contribution in [0, 0.1) is 0 Å². The van der Waals surface area contributed by atoms with E-state index in [0.29, 0.717) is 6.61 Å². The maximum atomic E-state index is 11.8. The van der Waals surface area contributed by atoms with Gasteiger partial charge in [-0.15, -0.1) is 0 Å². The molecule has 1 saturated heterocycles. The Morgan fingerprint density at radius 2 is 2.09 bits per heavy atom. The zero-order valence-electron chi connectivity index (χ0n) is 14.3. The fourth-order valence-corrected chi connectivity index (χ4v) is 3.21. The van der Waals surface area contributed by atoms with E-state index in [1.807, 2.05) is 0 Å². The predicted octanol–water partition coefficient (Wildman–Crippen LogP) is 1.21. The molecular formula is C15H26N2O5Si. The van der Waals surface area contributed by atoms with E-state index < -0.39 is 38.0 Å². The minimum Gasteiger partial charge on any atom is -0.414 e. The van der Waals surface area contributed by atoms with E-state index in [4.69, 9.17) is 9.16 Å². The molecule has 23 heavy (non-hydrogen) atoms. The lowest BCUT2D eigenvalue weighted by Crippen LogP contribution is -2.43. The molecule has 1 aromatic heterocycles. The number of ether oxygens (including phenoxy) is 1. The highest BCUT2D eigenvalue weighted by Gasteiger charge is 2.41. The third kappa shape index (κ3) is 4.00. The quantitative estimate of drug-likeness (QED) is 0.802. The third-order valence-corrected chi connectivity index (χ3v) is 9.28. The number of aromatic nitrogens is 2. The van der Waals surface area contributed by atoms with Crippen molar-refractivity contribution in [2.24, 2.45) is 0 Å². The van der Waals surface area contributed by atoms with Gasteiger partial charge in [0.1, 0.15) is 12.3 Å². The van der Waals surface area contributed by atoms with Gasteiger partial charge in [0, 0.05) is 18.7 Å². The van der Waals surface area contributed by atoms with Gasteiger partial charge in [-0.1, -0.05) is 20.8 Å². The summed E-state index contributed by atoms with van der Waals surface area (Å²) in [7, 11) is -1.93. The second-order valence-electron chi connectivity index (χ2n) is 7.52. The van der Waals surface area contributed by atoms with Crippen molar-refractivity contribution >= 4 is 8.32 Å². The van der Waals surface area contributed by atoms with Crippen LogP contribution in [0.25, 0.3) is 0 Å². The molecule has 0 amide bonds. The summed E-state index contributed by atoms with van der Waals surface area (Å²) in [6.45, 7) is 11.0. The van der Waals surface area contributed by atoms with Gasteiger partial charge in [-0.05, 0) is 18.1 Å². The second-order valence-corrected chi connectivity index (χ2v) is 12.3. The minimum absolute atomic E-state index is 0.0752. The van der Waals surface area contributed by atoms with Crippen LogP contribution in [0.15, 0.2) is 21.9 Å². The zero-order chi connectivity index (χ0) is 17.4. The van der Waals surface area contributed by atoms with Gasteiger partial charge >= 0.3 is 5.69 Å². The first-order chi connectivity index (χ1) is 10.5. The van der Waals surface area contributed by atoms with Gasteiger partial charge in [0.15, 0.2) is 8.32 Å². The average molecular weight is 342 g/mol. The van der Waals surface area contributed by atoms with Crippen LogP contribution in [-0.4, -0.2) is 41.8 Å². The van der Waals surface area contributed by atoms with Gasteiger partial charge in [-0.3, -0.25) is 14.3 Å². The van der Waals surface area contributed by atoms with Crippen LogP contribution in [0.2, 0.25) is 18.1 Å². The monoisotopic (exact) mass is 342 g/mol. The van der Waals surface area contributed by atoms with Crippen LogP contribution in [0.3, 0.4) is 0 Å². The smallest absolute Gasteiger partial charge is 0.330 e. The van der Waals surface area contributed by atoms with Crippen LogP contribution < -0.4 is 11.2 Å². The van der Waals surface area contributed by atoms with Crippen molar-refractivity contribution < 1.29 is 14.3 Å². The van der Waals surface area contributed by atoms with Crippen LogP contribution in [0.4, 0.5) is 0 Å². The topological polar surface area (TPSA) is 93.5 Å². The molecular weight excluding hydrogens is 316 g/mol. The Bertz CT molecular complexity index is 661. The highest BCUT2D eigenvalue weighted by atomic mass is 28.4. The maximum Gasteiger partial charge on any atom is 0.330 e. The first-order valence-corrected chi connectivity index (χ1v) is 10.7. The molecule has 0 aromatic carbocycles. The van der Waals surface area contributed by atoms with Crippen molar-refractivity contribution in [2.75, 3.05) is 6.61 Å². The van der Waals surface area contributed by atoms with Crippen molar-refractivity contribution in [3.05, 3.63) is 33.1 Å². The molecule has 2 rings (SSSR count). The molecule has 7 nitrogen and oxygen atoms in total. The van der Waals surface area contributed by atoms with Gasteiger partial charge in [0.25, 0.3) is 5.56 Å². The number of aliphatic hydroxyl groups excluding tert-OH is 1. The van der Waals surface area contributed by atoms with Gasteiger partial charge in [-0.25, -0.2) is 4.79 Å². The lowest BCUT2D eigenvalue weighted by molar-refractivity contribution is -0.0432. The Balaban J connectivity index is 2.04. The summed E-state index contributed by atoms with van der Waals surface area (Å²) in [5.74, 6) is 0. The molecule has 0 unspecified atom stereocenters. The van der Waals surface area contributed by atoms with Gasteiger partial charge < -0.3 is 14.3 Å². The van der Waals surface area contributed by atoms with Crippen molar-refractivity contribution in [1.82, 2.24) is 9.55 Å². The Kier molecular flexibility index (Phi) is 5.00. The van der Waals surface area contributed by atoms with E-state index in [1.54, 1.807) is 0 Å². The second kappa shape index (κ2) is 6.35. The fraction of sp³-hybridized carbons (Fsp3) is 0.733. The van der Waals surface area contributed by atoms with E-state index in [2.05, 4.69) is 38.8 Å². The Morgan fingerprint density at radius 3 is 2.65 bits per heavy atom. The zero-order valence-corrected chi connectivity index (χ0v) is 15.3. The number of aromatic amines is 1. The minimum atomic E-state index is -1.93. The lowest BCUT2D eigenvalue weighted by Gasteiger charge is -2.37. The van der Waals surface area contributed by atoms with Crippen LogP contribution in [0.1, 0.15) is 33.4 Å². The number of nitrogens with zero attached hydrogens (tertiary/aromatic N) is 1. The molecule has 0 saturated carbocycles. The molecule has 1 aliphatic rings. The largest absolute Gasteiger partial charge is 0.414 e. The van der Waals surface area contributed by atoms with Crippen LogP contribution in [-0.2, 0) is 9.16 Å². The number of hydrogen-bond donors (Lipinski definition) is 2. The maximum absolute atomic E-state index is 11.8. The highest BCUT2D eigenvalue weighted by molar-refractivity contribution is 6.74. The Hall–Kier alpha value is -1.22.